The molecular formula is C61H56F2IrN4-4. The van der Waals surface area contributed by atoms with Crippen molar-refractivity contribution in [1.82, 2.24) is 14.5 Å². The summed E-state index contributed by atoms with van der Waals surface area (Å²) < 4.78 is 31.0. The van der Waals surface area contributed by atoms with Crippen LogP contribution in [0.1, 0.15) is 82.9 Å². The topological polar surface area (TPSA) is 34.6 Å². The molecule has 0 aliphatic carbocycles. The zero-order chi connectivity index (χ0) is 46.3. The van der Waals surface area contributed by atoms with Crippen LogP contribution < -0.4 is 4.57 Å². The smallest absolute Gasteiger partial charge is 0.244 e. The first-order valence-electron chi connectivity index (χ1n) is 22.6. The van der Waals surface area contributed by atoms with E-state index in [0.717, 1.165) is 62.8 Å². The fraction of sp³-hybridized carbons (Fsp3) is 0.180. The Hall–Kier alpha value is -6.66. The number of aryl methyl sites for hydroxylation is 1. The summed E-state index contributed by atoms with van der Waals surface area (Å²) in [5.74, 6) is 1.34. The fourth-order valence-electron chi connectivity index (χ4n) is 8.01. The predicted molar refractivity (Wildman–Crippen MR) is 270 cm³/mol. The van der Waals surface area contributed by atoms with E-state index in [-0.39, 0.29) is 39.2 Å². The van der Waals surface area contributed by atoms with E-state index in [2.05, 4.69) is 140 Å². The second kappa shape index (κ2) is 22.9. The van der Waals surface area contributed by atoms with Gasteiger partial charge in [0.2, 0.25) is 6.33 Å². The number of rotatable bonds is 11. The minimum absolute atomic E-state index is 0. The molecule has 9 rings (SSSR count). The SMILES string of the molecule is CC[n+]1[c-]n(-c2cc(-c3c(C(C)C)cc(C(C)C)cc3C(C)C)cc(-c3[c-]cc(F)cc3)n2)cc1.Fc1c[c-]c(-c2cc(-c3ccc(-c4ccccc4)cc3)cc(-c3[c-]cccc3)n2)cc1.[CH3-].[Ir]. The molecule has 68 heavy (non-hydrogen) atoms. The van der Waals surface area contributed by atoms with E-state index in [1.54, 1.807) is 12.1 Å². The Kier molecular flexibility index (Phi) is 17.1. The summed E-state index contributed by atoms with van der Waals surface area (Å²) >= 11 is 0. The summed E-state index contributed by atoms with van der Waals surface area (Å²) in [5.41, 5.74) is 15.6. The van der Waals surface area contributed by atoms with Crippen LogP contribution in [0.4, 0.5) is 8.78 Å². The van der Waals surface area contributed by atoms with Crippen molar-refractivity contribution in [1.29, 1.82) is 0 Å². The van der Waals surface area contributed by atoms with E-state index in [9.17, 15) is 8.78 Å². The van der Waals surface area contributed by atoms with Gasteiger partial charge in [-0.25, -0.2) is 0 Å². The van der Waals surface area contributed by atoms with Crippen molar-refractivity contribution < 1.29 is 33.5 Å². The first kappa shape index (κ1) is 50.7. The second-order valence-electron chi connectivity index (χ2n) is 17.4. The molecule has 0 aliphatic rings. The van der Waals surface area contributed by atoms with Crippen LogP contribution in [0.5, 0.6) is 0 Å². The van der Waals surface area contributed by atoms with E-state index in [1.165, 1.54) is 57.6 Å². The third-order valence-corrected chi connectivity index (χ3v) is 11.7. The van der Waals surface area contributed by atoms with Crippen LogP contribution >= 0.6 is 0 Å². The summed E-state index contributed by atoms with van der Waals surface area (Å²) in [7, 11) is 0. The standard InChI is InChI=1S/C31H35FN3.C29H18FN.CH3.Ir/c1-8-34-13-14-35(19-34)30-18-25(17-29(33-30)23-9-11-26(32)12-10-23)31-27(21(4)5)15-24(20(2)3)16-28(31)22(6)7;30-27-17-15-25(16-18-27)29-20-26(19-28(31-29)24-9-5-2-6-10-24)23-13-11-22(12-14-23)21-7-3-1-4-8-21;;/h9,11-18,20-22H,8H2,1-7H3;1-9,11-15,17-20H;1H3;/q-1;-2;-1;. The van der Waals surface area contributed by atoms with E-state index < -0.39 is 0 Å². The largest absolute Gasteiger partial charge is 0.358 e. The molecule has 1 radical (unpaired) electrons. The van der Waals surface area contributed by atoms with Crippen molar-refractivity contribution in [2.45, 2.75) is 72.8 Å². The molecule has 0 aliphatic heterocycles. The van der Waals surface area contributed by atoms with Crippen molar-refractivity contribution in [3.05, 3.63) is 224 Å². The van der Waals surface area contributed by atoms with Crippen LogP contribution in [0.25, 0.3) is 73.0 Å². The Bertz CT molecular complexity index is 3000. The van der Waals surface area contributed by atoms with E-state index in [4.69, 9.17) is 9.97 Å². The maximum atomic E-state index is 13.7. The van der Waals surface area contributed by atoms with Gasteiger partial charge in [0.15, 0.2) is 0 Å². The molecule has 6 aromatic carbocycles. The summed E-state index contributed by atoms with van der Waals surface area (Å²) in [5, 5.41) is 0. The van der Waals surface area contributed by atoms with Gasteiger partial charge < -0.3 is 26.5 Å². The Morgan fingerprint density at radius 3 is 1.54 bits per heavy atom. The molecule has 3 aromatic heterocycles. The van der Waals surface area contributed by atoms with Gasteiger partial charge in [-0.2, -0.15) is 0 Å². The van der Waals surface area contributed by atoms with Gasteiger partial charge in [0.05, 0.1) is 6.54 Å². The Balaban J connectivity index is 0.000000219. The molecule has 0 N–H and O–H groups in total. The Morgan fingerprint density at radius 2 is 1.06 bits per heavy atom. The normalized spacial score (nSPS) is 10.9. The third-order valence-electron chi connectivity index (χ3n) is 11.7. The minimum atomic E-state index is -0.312. The zero-order valence-electron chi connectivity index (χ0n) is 39.9. The van der Waals surface area contributed by atoms with Gasteiger partial charge in [-0.3, -0.25) is 8.78 Å². The quantitative estimate of drug-likeness (QED) is 0.0956. The average Bonchev–Trinajstić information content (AvgIpc) is 3.84. The van der Waals surface area contributed by atoms with Crippen LogP contribution in [0.15, 0.2) is 164 Å². The number of halogens is 2. The van der Waals surface area contributed by atoms with Crippen molar-refractivity contribution in [2.24, 2.45) is 0 Å². The number of imidazole rings is 1. The molecule has 0 atom stereocenters. The maximum Gasteiger partial charge on any atom is 0.244 e. The van der Waals surface area contributed by atoms with Gasteiger partial charge in [0, 0.05) is 44.1 Å². The van der Waals surface area contributed by atoms with Crippen LogP contribution in [0, 0.1) is 43.6 Å². The molecule has 3 heterocycles. The van der Waals surface area contributed by atoms with Gasteiger partial charge in [0.1, 0.15) is 5.82 Å². The molecular weight excluding hydrogens is 1020 g/mol. The summed E-state index contributed by atoms with van der Waals surface area (Å²) in [6, 6.07) is 58.0. The van der Waals surface area contributed by atoms with Crippen molar-refractivity contribution >= 4 is 0 Å². The molecule has 9 aromatic rings. The van der Waals surface area contributed by atoms with Gasteiger partial charge in [0.25, 0.3) is 0 Å². The molecule has 7 heteroatoms. The number of pyridine rings is 2. The first-order valence-corrected chi connectivity index (χ1v) is 22.6. The predicted octanol–water partition coefficient (Wildman–Crippen LogP) is 15.6. The minimum Gasteiger partial charge on any atom is -0.358 e. The molecule has 4 nitrogen and oxygen atoms in total. The van der Waals surface area contributed by atoms with E-state index in [0.29, 0.717) is 17.8 Å². The second-order valence-corrected chi connectivity index (χ2v) is 17.4. The average molecular weight is 1080 g/mol. The van der Waals surface area contributed by atoms with E-state index >= 15 is 0 Å². The van der Waals surface area contributed by atoms with E-state index in [1.807, 2.05) is 70.1 Å². The number of hydrogen-bond acceptors (Lipinski definition) is 2. The van der Waals surface area contributed by atoms with Crippen LogP contribution in [0.2, 0.25) is 0 Å². The van der Waals surface area contributed by atoms with Crippen molar-refractivity contribution in [2.75, 3.05) is 0 Å². The van der Waals surface area contributed by atoms with Crippen molar-refractivity contribution in [3.8, 4) is 73.0 Å². The van der Waals surface area contributed by atoms with Crippen molar-refractivity contribution in [3.63, 3.8) is 0 Å². The molecule has 0 spiro atoms. The summed E-state index contributed by atoms with van der Waals surface area (Å²) in [6.07, 6.45) is 7.31. The monoisotopic (exact) mass is 1080 g/mol. The van der Waals surface area contributed by atoms with Crippen LogP contribution in [-0.4, -0.2) is 14.5 Å². The molecule has 0 unspecified atom stereocenters. The van der Waals surface area contributed by atoms with Gasteiger partial charge in [-0.05, 0) is 97.9 Å². The number of nitrogens with zero attached hydrogens (tertiary/aromatic N) is 4. The maximum absolute atomic E-state index is 13.7. The number of benzene rings is 6. The zero-order valence-corrected chi connectivity index (χ0v) is 42.3. The number of aromatic nitrogens is 4. The molecule has 0 bridgehead atoms. The Labute approximate surface area is 415 Å². The molecule has 0 saturated heterocycles. The fourth-order valence-corrected chi connectivity index (χ4v) is 8.01. The first-order chi connectivity index (χ1) is 31.9. The van der Waals surface area contributed by atoms with Gasteiger partial charge in [-0.1, -0.05) is 126 Å². The molecule has 0 amide bonds. The van der Waals surface area contributed by atoms with Gasteiger partial charge in [-0.15, -0.1) is 95.6 Å². The number of hydrogen-bond donors (Lipinski definition) is 0. The third kappa shape index (κ3) is 11.9. The van der Waals surface area contributed by atoms with Gasteiger partial charge >= 0.3 is 0 Å². The van der Waals surface area contributed by atoms with Crippen LogP contribution in [0.3, 0.4) is 0 Å². The van der Waals surface area contributed by atoms with Crippen LogP contribution in [-0.2, 0) is 26.7 Å². The molecule has 347 valence electrons. The summed E-state index contributed by atoms with van der Waals surface area (Å²) in [6.45, 7) is 16.5. The molecule has 0 saturated carbocycles. The molecule has 0 fully saturated rings. The Morgan fingerprint density at radius 1 is 0.544 bits per heavy atom. The summed E-state index contributed by atoms with van der Waals surface area (Å²) in [4.78, 5) is 9.75.